The third-order valence-electron chi connectivity index (χ3n) is 8.51. The number of benzene rings is 1. The smallest absolute Gasteiger partial charge is 0.405 e. The molecule has 2 aliphatic carbocycles. The summed E-state index contributed by atoms with van der Waals surface area (Å²) in [7, 11) is 0. The van der Waals surface area contributed by atoms with Gasteiger partial charge in [0, 0.05) is 30.6 Å². The Hall–Kier alpha value is -3.08. The van der Waals surface area contributed by atoms with Gasteiger partial charge in [0.2, 0.25) is 5.91 Å². The van der Waals surface area contributed by atoms with Gasteiger partial charge < -0.3 is 20.3 Å². The average Bonchev–Trinajstić information content (AvgIpc) is 3.60. The number of carbonyl (C=O) groups is 2. The number of hydrogen-bond donors (Lipinski definition) is 2. The van der Waals surface area contributed by atoms with Crippen molar-refractivity contribution in [1.82, 2.24) is 25.3 Å². The van der Waals surface area contributed by atoms with Crippen molar-refractivity contribution in [2.75, 3.05) is 19.6 Å². The Kier molecular flexibility index (Phi) is 9.52. The van der Waals surface area contributed by atoms with Crippen LogP contribution in [0, 0.1) is 0 Å². The van der Waals surface area contributed by atoms with E-state index in [1.807, 2.05) is 0 Å². The van der Waals surface area contributed by atoms with Crippen molar-refractivity contribution in [2.24, 2.45) is 0 Å². The number of amides is 2. The SMILES string of the molecule is O=C(CC(CCN1CCCCC1)NC(=O)c1cc(-c2ccccc2OC(F)(F)F)n(C2CCCC2)n1)NC1CCC1. The van der Waals surface area contributed by atoms with Crippen LogP contribution in [0.4, 0.5) is 13.2 Å². The highest BCUT2D eigenvalue weighted by atomic mass is 19.4. The summed E-state index contributed by atoms with van der Waals surface area (Å²) in [5, 5.41) is 10.7. The Morgan fingerprint density at radius 1 is 1.00 bits per heavy atom. The van der Waals surface area contributed by atoms with E-state index in [-0.39, 0.29) is 47.5 Å². The van der Waals surface area contributed by atoms with Crippen molar-refractivity contribution in [2.45, 2.75) is 102 Å². The largest absolute Gasteiger partial charge is 0.573 e. The van der Waals surface area contributed by atoms with E-state index >= 15 is 0 Å². The van der Waals surface area contributed by atoms with Gasteiger partial charge in [0.1, 0.15) is 5.75 Å². The number of likely N-dealkylation sites (tertiary alicyclic amines) is 1. The molecule has 2 aromatic rings. The zero-order chi connectivity index (χ0) is 28.8. The van der Waals surface area contributed by atoms with Gasteiger partial charge in [0.25, 0.3) is 5.91 Å². The number of nitrogens with zero attached hydrogens (tertiary/aromatic N) is 3. The molecule has 3 aliphatic rings. The lowest BCUT2D eigenvalue weighted by molar-refractivity contribution is -0.274. The van der Waals surface area contributed by atoms with Crippen molar-refractivity contribution in [3.8, 4) is 17.0 Å². The van der Waals surface area contributed by atoms with Crippen molar-refractivity contribution in [3.63, 3.8) is 0 Å². The van der Waals surface area contributed by atoms with E-state index in [2.05, 4.69) is 25.4 Å². The Morgan fingerprint density at radius 3 is 2.41 bits per heavy atom. The third kappa shape index (κ3) is 8.02. The maximum atomic E-state index is 13.6. The zero-order valence-corrected chi connectivity index (χ0v) is 23.4. The van der Waals surface area contributed by atoms with Crippen LogP contribution >= 0.6 is 0 Å². The first-order valence-corrected chi connectivity index (χ1v) is 15.0. The second-order valence-corrected chi connectivity index (χ2v) is 11.6. The molecule has 8 nitrogen and oxygen atoms in total. The van der Waals surface area contributed by atoms with Gasteiger partial charge in [0.15, 0.2) is 5.69 Å². The molecule has 1 unspecified atom stereocenters. The molecule has 1 aromatic carbocycles. The molecule has 3 fully saturated rings. The van der Waals surface area contributed by atoms with Crippen LogP contribution in [0.5, 0.6) is 5.75 Å². The van der Waals surface area contributed by atoms with Gasteiger partial charge in [0.05, 0.1) is 11.7 Å². The summed E-state index contributed by atoms with van der Waals surface area (Å²) in [6, 6.07) is 7.30. The molecule has 11 heteroatoms. The lowest BCUT2D eigenvalue weighted by atomic mass is 9.93. The van der Waals surface area contributed by atoms with Crippen LogP contribution in [0.25, 0.3) is 11.3 Å². The number of carbonyl (C=O) groups excluding carboxylic acids is 2. The highest BCUT2D eigenvalue weighted by Gasteiger charge is 2.34. The summed E-state index contributed by atoms with van der Waals surface area (Å²) < 4.78 is 45.6. The standard InChI is InChI=1S/C30H40F3N5O3/c31-30(32,33)41-27-14-5-4-13-24(27)26-20-25(36-38(26)23-11-2-3-12-23)29(40)35-22(15-18-37-16-6-1-7-17-37)19-28(39)34-21-9-8-10-21/h4-5,13-14,20-23H,1-3,6-12,15-19H2,(H,34,39)(H,35,40). The lowest BCUT2D eigenvalue weighted by Gasteiger charge is -2.29. The molecule has 1 atom stereocenters. The normalized spacial score (nSPS) is 19.5. The molecule has 2 heterocycles. The molecular formula is C30H40F3N5O3. The molecule has 224 valence electrons. The van der Waals surface area contributed by atoms with Gasteiger partial charge in [-0.05, 0) is 82.7 Å². The molecule has 2 saturated carbocycles. The van der Waals surface area contributed by atoms with E-state index < -0.39 is 12.3 Å². The van der Waals surface area contributed by atoms with Crippen LogP contribution in [-0.2, 0) is 4.79 Å². The second-order valence-electron chi connectivity index (χ2n) is 11.6. The first kappa shape index (κ1) is 29.4. The fourth-order valence-corrected chi connectivity index (χ4v) is 6.09. The number of ether oxygens (including phenoxy) is 1. The predicted molar refractivity (Wildman–Crippen MR) is 148 cm³/mol. The fraction of sp³-hybridized carbons (Fsp3) is 0.633. The highest BCUT2D eigenvalue weighted by Crippen LogP contribution is 2.38. The molecule has 0 spiro atoms. The molecular weight excluding hydrogens is 535 g/mol. The molecule has 2 amide bonds. The summed E-state index contributed by atoms with van der Waals surface area (Å²) in [6.45, 7) is 2.82. The summed E-state index contributed by atoms with van der Waals surface area (Å²) in [4.78, 5) is 28.7. The summed E-state index contributed by atoms with van der Waals surface area (Å²) >= 11 is 0. The monoisotopic (exact) mass is 575 g/mol. The Bertz CT molecular complexity index is 1180. The number of nitrogens with one attached hydrogen (secondary N) is 2. The molecule has 0 bridgehead atoms. The van der Waals surface area contributed by atoms with E-state index in [4.69, 9.17) is 0 Å². The van der Waals surface area contributed by atoms with Gasteiger partial charge in [-0.15, -0.1) is 13.2 Å². The number of hydrogen-bond acceptors (Lipinski definition) is 5. The predicted octanol–water partition coefficient (Wildman–Crippen LogP) is 5.60. The molecule has 1 aromatic heterocycles. The summed E-state index contributed by atoms with van der Waals surface area (Å²) in [5.41, 5.74) is 0.760. The highest BCUT2D eigenvalue weighted by molar-refractivity contribution is 5.94. The van der Waals surface area contributed by atoms with Gasteiger partial charge in [-0.3, -0.25) is 14.3 Å². The third-order valence-corrected chi connectivity index (χ3v) is 8.51. The summed E-state index contributed by atoms with van der Waals surface area (Å²) in [5.74, 6) is -0.843. The first-order chi connectivity index (χ1) is 19.7. The van der Waals surface area contributed by atoms with E-state index in [0.717, 1.165) is 77.4 Å². The average molecular weight is 576 g/mol. The maximum absolute atomic E-state index is 13.6. The number of rotatable bonds is 11. The van der Waals surface area contributed by atoms with Crippen molar-refractivity contribution in [1.29, 1.82) is 0 Å². The van der Waals surface area contributed by atoms with Gasteiger partial charge >= 0.3 is 6.36 Å². The Labute approximate surface area is 239 Å². The van der Waals surface area contributed by atoms with E-state index in [0.29, 0.717) is 12.1 Å². The quantitative estimate of drug-likeness (QED) is 0.364. The molecule has 5 rings (SSSR count). The molecule has 1 aliphatic heterocycles. The number of para-hydroxylation sites is 1. The minimum atomic E-state index is -4.85. The Morgan fingerprint density at radius 2 is 1.73 bits per heavy atom. The van der Waals surface area contributed by atoms with Gasteiger partial charge in [-0.1, -0.05) is 31.4 Å². The maximum Gasteiger partial charge on any atom is 0.573 e. The van der Waals surface area contributed by atoms with Crippen LogP contribution < -0.4 is 15.4 Å². The number of halogens is 3. The number of piperidine rings is 1. The van der Waals surface area contributed by atoms with Crippen molar-refractivity contribution in [3.05, 3.63) is 36.0 Å². The van der Waals surface area contributed by atoms with Crippen LogP contribution in [0.2, 0.25) is 0 Å². The van der Waals surface area contributed by atoms with Crippen LogP contribution in [0.15, 0.2) is 30.3 Å². The van der Waals surface area contributed by atoms with E-state index in [1.165, 1.54) is 18.6 Å². The number of aromatic nitrogens is 2. The topological polar surface area (TPSA) is 88.5 Å². The summed E-state index contributed by atoms with van der Waals surface area (Å²) in [6.07, 6.45) is 6.20. The molecule has 0 radical (unpaired) electrons. The van der Waals surface area contributed by atoms with E-state index in [1.54, 1.807) is 22.9 Å². The van der Waals surface area contributed by atoms with Gasteiger partial charge in [-0.25, -0.2) is 0 Å². The van der Waals surface area contributed by atoms with E-state index in [9.17, 15) is 22.8 Å². The zero-order valence-electron chi connectivity index (χ0n) is 23.4. The lowest BCUT2D eigenvalue weighted by Crippen LogP contribution is -2.45. The minimum Gasteiger partial charge on any atom is -0.405 e. The minimum absolute atomic E-state index is 0.0198. The number of alkyl halides is 3. The Balaban J connectivity index is 1.36. The van der Waals surface area contributed by atoms with Crippen LogP contribution in [-0.4, -0.2) is 64.6 Å². The molecule has 1 saturated heterocycles. The van der Waals surface area contributed by atoms with Crippen LogP contribution in [0.1, 0.15) is 93.6 Å². The molecule has 2 N–H and O–H groups in total. The fourth-order valence-electron chi connectivity index (χ4n) is 6.09. The van der Waals surface area contributed by atoms with Crippen molar-refractivity contribution >= 4 is 11.8 Å². The van der Waals surface area contributed by atoms with Crippen molar-refractivity contribution < 1.29 is 27.5 Å². The second kappa shape index (κ2) is 13.3. The first-order valence-electron chi connectivity index (χ1n) is 15.0. The van der Waals surface area contributed by atoms with Crippen LogP contribution in [0.3, 0.4) is 0 Å². The van der Waals surface area contributed by atoms with Gasteiger partial charge in [-0.2, -0.15) is 5.10 Å². The molecule has 41 heavy (non-hydrogen) atoms.